The third kappa shape index (κ3) is 3.85. The number of piperidine rings is 1. The number of ether oxygens (including phenoxy) is 1. The Morgan fingerprint density at radius 3 is 2.75 bits per heavy atom. The van der Waals surface area contributed by atoms with E-state index in [1.54, 1.807) is 4.52 Å². The summed E-state index contributed by atoms with van der Waals surface area (Å²) in [7, 11) is 0. The molecule has 1 aliphatic heterocycles. The van der Waals surface area contributed by atoms with Crippen LogP contribution in [-0.2, 0) is 11.2 Å². The fourth-order valence-electron chi connectivity index (χ4n) is 3.63. The lowest BCUT2D eigenvalue weighted by atomic mass is 9.97. The number of imidazole rings is 1. The highest BCUT2D eigenvalue weighted by molar-refractivity contribution is 5.79. The molecule has 0 aliphatic carbocycles. The van der Waals surface area contributed by atoms with Crippen molar-refractivity contribution < 1.29 is 14.1 Å². The van der Waals surface area contributed by atoms with Crippen LogP contribution in [0.15, 0.2) is 22.9 Å². The van der Waals surface area contributed by atoms with E-state index in [1.165, 1.54) is 0 Å². The van der Waals surface area contributed by atoms with Gasteiger partial charge in [-0.05, 0) is 45.6 Å². The SMILES string of the molecule is Cc1cn2nc(OCC3CCN(C(=O)Cc4c(C)noc4C)CC3)ccc2n1. The van der Waals surface area contributed by atoms with E-state index in [0.717, 1.165) is 54.3 Å². The molecular weight excluding hydrogens is 358 g/mol. The number of aromatic nitrogens is 4. The van der Waals surface area contributed by atoms with Crippen molar-refractivity contribution in [1.82, 2.24) is 24.7 Å². The highest BCUT2D eigenvalue weighted by Crippen LogP contribution is 2.21. The van der Waals surface area contributed by atoms with Crippen LogP contribution in [0.4, 0.5) is 0 Å². The minimum Gasteiger partial charge on any atom is -0.476 e. The zero-order chi connectivity index (χ0) is 19.7. The molecule has 4 heterocycles. The monoisotopic (exact) mass is 383 g/mol. The van der Waals surface area contributed by atoms with E-state index >= 15 is 0 Å². The van der Waals surface area contributed by atoms with E-state index in [2.05, 4.69) is 15.2 Å². The molecule has 0 radical (unpaired) electrons. The molecule has 28 heavy (non-hydrogen) atoms. The molecule has 0 saturated carbocycles. The lowest BCUT2D eigenvalue weighted by Gasteiger charge is -2.31. The van der Waals surface area contributed by atoms with Crippen molar-refractivity contribution >= 4 is 11.6 Å². The van der Waals surface area contributed by atoms with Gasteiger partial charge in [-0.2, -0.15) is 0 Å². The first-order valence-corrected chi connectivity index (χ1v) is 9.65. The van der Waals surface area contributed by atoms with Gasteiger partial charge in [-0.3, -0.25) is 4.79 Å². The van der Waals surface area contributed by atoms with Gasteiger partial charge in [-0.25, -0.2) is 9.50 Å². The summed E-state index contributed by atoms with van der Waals surface area (Å²) < 4.78 is 12.8. The van der Waals surface area contributed by atoms with Crippen LogP contribution in [0.2, 0.25) is 0 Å². The van der Waals surface area contributed by atoms with Crippen LogP contribution in [0.25, 0.3) is 5.65 Å². The first-order valence-electron chi connectivity index (χ1n) is 9.65. The smallest absolute Gasteiger partial charge is 0.231 e. The van der Waals surface area contributed by atoms with Crippen LogP contribution < -0.4 is 4.74 Å². The lowest BCUT2D eigenvalue weighted by Crippen LogP contribution is -2.40. The number of amides is 1. The molecule has 1 amide bonds. The fraction of sp³-hybridized carbons (Fsp3) is 0.500. The summed E-state index contributed by atoms with van der Waals surface area (Å²) >= 11 is 0. The quantitative estimate of drug-likeness (QED) is 0.673. The van der Waals surface area contributed by atoms with Crippen LogP contribution in [0, 0.1) is 26.7 Å². The van der Waals surface area contributed by atoms with Gasteiger partial charge < -0.3 is 14.2 Å². The number of rotatable bonds is 5. The summed E-state index contributed by atoms with van der Waals surface area (Å²) in [5.41, 5.74) is 3.45. The topological polar surface area (TPSA) is 85.8 Å². The maximum Gasteiger partial charge on any atom is 0.231 e. The third-order valence-electron chi connectivity index (χ3n) is 5.36. The van der Waals surface area contributed by atoms with Crippen LogP contribution in [0.1, 0.15) is 35.6 Å². The zero-order valence-electron chi connectivity index (χ0n) is 16.5. The van der Waals surface area contributed by atoms with Crippen molar-refractivity contribution in [3.8, 4) is 5.88 Å². The van der Waals surface area contributed by atoms with Crippen molar-refractivity contribution in [3.05, 3.63) is 41.0 Å². The minimum atomic E-state index is 0.136. The van der Waals surface area contributed by atoms with Crippen molar-refractivity contribution in [2.75, 3.05) is 19.7 Å². The molecule has 0 aromatic carbocycles. The predicted octanol–water partition coefficient (Wildman–Crippen LogP) is 2.50. The molecular formula is C20H25N5O3. The van der Waals surface area contributed by atoms with E-state index in [-0.39, 0.29) is 5.91 Å². The maximum atomic E-state index is 12.6. The number of nitrogens with zero attached hydrogens (tertiary/aromatic N) is 5. The average Bonchev–Trinajstić information content (AvgIpc) is 3.22. The molecule has 148 valence electrons. The van der Waals surface area contributed by atoms with Gasteiger partial charge in [0.05, 0.1) is 30.6 Å². The Morgan fingerprint density at radius 2 is 2.04 bits per heavy atom. The minimum absolute atomic E-state index is 0.136. The second kappa shape index (κ2) is 7.61. The summed E-state index contributed by atoms with van der Waals surface area (Å²) in [6, 6.07) is 3.76. The molecule has 1 saturated heterocycles. The Balaban J connectivity index is 1.27. The molecule has 8 heteroatoms. The molecule has 0 atom stereocenters. The average molecular weight is 383 g/mol. The standard InChI is InChI=1S/C20H25N5O3/c1-13-11-25-18(21-13)4-5-19(22-25)27-12-16-6-8-24(9-7-16)20(26)10-17-14(2)23-28-15(17)3/h4-5,11,16H,6-10,12H2,1-3H3. The number of carbonyl (C=O) groups is 1. The number of fused-ring (bicyclic) bond motifs is 1. The number of carbonyl (C=O) groups excluding carboxylic acids is 1. The first kappa shape index (κ1) is 18.5. The van der Waals surface area contributed by atoms with Gasteiger partial charge in [-0.1, -0.05) is 5.16 Å². The highest BCUT2D eigenvalue weighted by atomic mass is 16.5. The van der Waals surface area contributed by atoms with E-state index in [0.29, 0.717) is 24.8 Å². The van der Waals surface area contributed by atoms with Crippen LogP contribution in [-0.4, -0.2) is 50.3 Å². The molecule has 1 aliphatic rings. The van der Waals surface area contributed by atoms with Crippen LogP contribution in [0.5, 0.6) is 5.88 Å². The lowest BCUT2D eigenvalue weighted by molar-refractivity contribution is -0.132. The van der Waals surface area contributed by atoms with Gasteiger partial charge in [0.2, 0.25) is 11.8 Å². The Kier molecular flexibility index (Phi) is 5.02. The summed E-state index contributed by atoms with van der Waals surface area (Å²) in [5, 5.41) is 8.36. The summed E-state index contributed by atoms with van der Waals surface area (Å²) in [6.45, 7) is 7.78. The van der Waals surface area contributed by atoms with Gasteiger partial charge in [0.1, 0.15) is 5.76 Å². The summed E-state index contributed by atoms with van der Waals surface area (Å²) in [4.78, 5) is 18.9. The zero-order valence-corrected chi connectivity index (χ0v) is 16.5. The molecule has 3 aromatic rings. The molecule has 0 spiro atoms. The largest absolute Gasteiger partial charge is 0.476 e. The molecule has 3 aromatic heterocycles. The summed E-state index contributed by atoms with van der Waals surface area (Å²) in [6.07, 6.45) is 4.10. The van der Waals surface area contributed by atoms with Gasteiger partial charge in [0, 0.05) is 24.7 Å². The van der Waals surface area contributed by atoms with Crippen molar-refractivity contribution in [1.29, 1.82) is 0 Å². The molecule has 0 bridgehead atoms. The van der Waals surface area contributed by atoms with Crippen molar-refractivity contribution in [3.63, 3.8) is 0 Å². The summed E-state index contributed by atoms with van der Waals surface area (Å²) in [5.74, 6) is 1.88. The Bertz CT molecular complexity index is 966. The van der Waals surface area contributed by atoms with Gasteiger partial charge in [0.15, 0.2) is 5.65 Å². The molecule has 0 N–H and O–H groups in total. The molecule has 8 nitrogen and oxygen atoms in total. The van der Waals surface area contributed by atoms with E-state index in [4.69, 9.17) is 9.26 Å². The van der Waals surface area contributed by atoms with Crippen molar-refractivity contribution in [2.24, 2.45) is 5.92 Å². The molecule has 0 unspecified atom stereocenters. The maximum absolute atomic E-state index is 12.6. The number of hydrogen-bond acceptors (Lipinski definition) is 6. The molecule has 1 fully saturated rings. The van der Waals surface area contributed by atoms with Gasteiger partial charge >= 0.3 is 0 Å². The number of likely N-dealkylation sites (tertiary alicyclic amines) is 1. The van der Waals surface area contributed by atoms with Crippen LogP contribution >= 0.6 is 0 Å². The van der Waals surface area contributed by atoms with E-state index < -0.39 is 0 Å². The normalized spacial score (nSPS) is 15.3. The second-order valence-electron chi connectivity index (χ2n) is 7.47. The first-order chi connectivity index (χ1) is 13.5. The third-order valence-corrected chi connectivity index (χ3v) is 5.36. The Morgan fingerprint density at radius 1 is 1.25 bits per heavy atom. The Labute approximate surface area is 163 Å². The van der Waals surface area contributed by atoms with E-state index in [1.807, 2.05) is 44.0 Å². The van der Waals surface area contributed by atoms with Crippen molar-refractivity contribution in [2.45, 2.75) is 40.0 Å². The van der Waals surface area contributed by atoms with Crippen LogP contribution in [0.3, 0.4) is 0 Å². The van der Waals surface area contributed by atoms with Gasteiger partial charge in [0.25, 0.3) is 0 Å². The fourth-order valence-corrected chi connectivity index (χ4v) is 3.63. The molecule has 4 rings (SSSR count). The van der Waals surface area contributed by atoms with E-state index in [9.17, 15) is 4.79 Å². The number of aryl methyl sites for hydroxylation is 3. The number of hydrogen-bond donors (Lipinski definition) is 0. The second-order valence-corrected chi connectivity index (χ2v) is 7.47. The Hall–Kier alpha value is -2.90. The predicted molar refractivity (Wildman–Crippen MR) is 102 cm³/mol. The highest BCUT2D eigenvalue weighted by Gasteiger charge is 2.25. The van der Waals surface area contributed by atoms with Gasteiger partial charge in [-0.15, -0.1) is 5.10 Å².